The molecule has 0 N–H and O–H groups in total. The van der Waals surface area contributed by atoms with Crippen LogP contribution in [0.25, 0.3) is 24.3 Å². The summed E-state index contributed by atoms with van der Waals surface area (Å²) >= 11 is 0. The Hall–Kier alpha value is -2.86. The van der Waals surface area contributed by atoms with Crippen molar-refractivity contribution in [3.8, 4) is 0 Å². The van der Waals surface area contributed by atoms with Crippen molar-refractivity contribution in [3.63, 3.8) is 0 Å². The minimum atomic E-state index is 1.09. The summed E-state index contributed by atoms with van der Waals surface area (Å²) in [5.74, 6) is 0. The molecule has 3 rings (SSSR count). The summed E-state index contributed by atoms with van der Waals surface area (Å²) in [5, 5.41) is 0. The van der Waals surface area contributed by atoms with Crippen LogP contribution in [0.4, 0.5) is 0 Å². The van der Waals surface area contributed by atoms with Crippen molar-refractivity contribution >= 4 is 24.3 Å². The molecule has 0 spiro atoms. The molecule has 118 valence electrons. The van der Waals surface area contributed by atoms with Gasteiger partial charge in [0.25, 0.3) is 0 Å². The first-order chi connectivity index (χ1) is 11.8. The minimum Gasteiger partial charge on any atom is -0.0622 e. The van der Waals surface area contributed by atoms with Crippen LogP contribution in [-0.4, -0.2) is 0 Å². The molecular weight excluding hydrogens is 288 g/mol. The molecule has 24 heavy (non-hydrogen) atoms. The third kappa shape index (κ3) is 4.57. The van der Waals surface area contributed by atoms with Gasteiger partial charge in [0, 0.05) is 0 Å². The van der Waals surface area contributed by atoms with Crippen LogP contribution in [0.2, 0.25) is 0 Å². The molecule has 0 atom stereocenters. The Morgan fingerprint density at radius 2 is 0.875 bits per heavy atom. The van der Waals surface area contributed by atoms with Crippen LogP contribution in [0, 0.1) is 0 Å². The fourth-order valence-electron chi connectivity index (χ4n) is 2.53. The first-order valence-electron chi connectivity index (χ1n) is 8.44. The van der Waals surface area contributed by atoms with Gasteiger partial charge in [0.1, 0.15) is 0 Å². The molecule has 0 saturated heterocycles. The Bertz CT molecular complexity index is 804. The molecule has 3 aromatic carbocycles. The van der Waals surface area contributed by atoms with Crippen LogP contribution in [0.15, 0.2) is 78.9 Å². The number of hydrogen-bond donors (Lipinski definition) is 0. The molecule has 0 aromatic heterocycles. The van der Waals surface area contributed by atoms with Crippen molar-refractivity contribution in [2.24, 2.45) is 0 Å². The van der Waals surface area contributed by atoms with Crippen molar-refractivity contribution in [3.05, 3.63) is 107 Å². The molecule has 0 heterocycles. The number of hydrogen-bond acceptors (Lipinski definition) is 0. The fraction of sp³-hybridized carbons (Fsp3) is 0.0833. The van der Waals surface area contributed by atoms with E-state index < -0.39 is 0 Å². The van der Waals surface area contributed by atoms with E-state index in [-0.39, 0.29) is 0 Å². The van der Waals surface area contributed by atoms with Gasteiger partial charge in [0.15, 0.2) is 0 Å². The molecule has 0 nitrogen and oxygen atoms in total. The van der Waals surface area contributed by atoms with E-state index in [1.807, 2.05) is 6.07 Å². The van der Waals surface area contributed by atoms with Gasteiger partial charge in [-0.05, 0) is 34.2 Å². The fourth-order valence-corrected chi connectivity index (χ4v) is 2.53. The maximum Gasteiger partial charge on any atom is -0.0256 e. The predicted molar refractivity (Wildman–Crippen MR) is 107 cm³/mol. The third-order valence-electron chi connectivity index (χ3n) is 4.06. The second kappa shape index (κ2) is 8.12. The van der Waals surface area contributed by atoms with E-state index in [1.54, 1.807) is 0 Å². The molecule has 0 heteroatoms. The molecule has 3 aromatic rings. The second-order valence-electron chi connectivity index (χ2n) is 5.84. The molecule has 0 saturated carbocycles. The molecule has 0 aliphatic carbocycles. The third-order valence-corrected chi connectivity index (χ3v) is 4.06. The highest BCUT2D eigenvalue weighted by atomic mass is 14.0. The zero-order valence-electron chi connectivity index (χ0n) is 14.0. The number of rotatable bonds is 5. The van der Waals surface area contributed by atoms with Gasteiger partial charge in [-0.2, -0.15) is 0 Å². The summed E-state index contributed by atoms with van der Waals surface area (Å²) in [4.78, 5) is 0. The lowest BCUT2D eigenvalue weighted by molar-refractivity contribution is 1.14. The standard InChI is InChI=1S/C24H22/c1-2-20-8-10-22(11-9-20)14-15-24-18-16-23(17-19-24)13-12-21-6-4-3-5-7-21/h3-19H,2H2,1H3/b13-12-,15-14-. The molecule has 0 bridgehead atoms. The smallest absolute Gasteiger partial charge is 0.0256 e. The van der Waals surface area contributed by atoms with E-state index in [4.69, 9.17) is 0 Å². The minimum absolute atomic E-state index is 1.09. The molecule has 0 aliphatic rings. The van der Waals surface area contributed by atoms with E-state index in [2.05, 4.69) is 104 Å². The van der Waals surface area contributed by atoms with Crippen molar-refractivity contribution in [2.75, 3.05) is 0 Å². The van der Waals surface area contributed by atoms with E-state index in [0.717, 1.165) is 6.42 Å². The van der Waals surface area contributed by atoms with Crippen LogP contribution < -0.4 is 0 Å². The Labute approximate surface area is 144 Å². The van der Waals surface area contributed by atoms with Crippen LogP contribution >= 0.6 is 0 Å². The zero-order valence-corrected chi connectivity index (χ0v) is 14.0. The number of aryl methyl sites for hydroxylation is 1. The lowest BCUT2D eigenvalue weighted by Crippen LogP contribution is -1.79. The Kier molecular flexibility index (Phi) is 5.42. The highest BCUT2D eigenvalue weighted by Crippen LogP contribution is 2.13. The van der Waals surface area contributed by atoms with E-state index in [1.165, 1.54) is 27.8 Å². The van der Waals surface area contributed by atoms with Crippen molar-refractivity contribution in [1.82, 2.24) is 0 Å². The van der Waals surface area contributed by atoms with Gasteiger partial charge in [-0.3, -0.25) is 0 Å². The Morgan fingerprint density at radius 1 is 0.500 bits per heavy atom. The summed E-state index contributed by atoms with van der Waals surface area (Å²) < 4.78 is 0. The van der Waals surface area contributed by atoms with Crippen LogP contribution in [0.5, 0.6) is 0 Å². The van der Waals surface area contributed by atoms with Crippen molar-refractivity contribution in [1.29, 1.82) is 0 Å². The molecule has 0 amide bonds. The van der Waals surface area contributed by atoms with E-state index >= 15 is 0 Å². The highest BCUT2D eigenvalue weighted by Gasteiger charge is 1.92. The van der Waals surface area contributed by atoms with Crippen molar-refractivity contribution < 1.29 is 0 Å². The maximum atomic E-state index is 2.19. The van der Waals surface area contributed by atoms with Gasteiger partial charge in [0.05, 0.1) is 0 Å². The topological polar surface area (TPSA) is 0 Å². The summed E-state index contributed by atoms with van der Waals surface area (Å²) in [6, 6.07) is 27.7. The molecular formula is C24H22. The van der Waals surface area contributed by atoms with Gasteiger partial charge < -0.3 is 0 Å². The van der Waals surface area contributed by atoms with Crippen molar-refractivity contribution in [2.45, 2.75) is 13.3 Å². The summed E-state index contributed by atoms with van der Waals surface area (Å²) in [5.41, 5.74) is 6.26. The maximum absolute atomic E-state index is 2.19. The quantitative estimate of drug-likeness (QED) is 0.466. The van der Waals surface area contributed by atoms with Gasteiger partial charge in [-0.15, -0.1) is 0 Å². The Balaban J connectivity index is 1.65. The SMILES string of the molecule is CCc1ccc(/C=C\c2ccc(/C=C\c3ccccc3)cc2)cc1. The summed E-state index contributed by atoms with van der Waals surface area (Å²) in [6.45, 7) is 2.18. The average Bonchev–Trinajstić information content (AvgIpc) is 2.67. The average molecular weight is 310 g/mol. The normalized spacial score (nSPS) is 11.4. The first-order valence-corrected chi connectivity index (χ1v) is 8.44. The largest absolute Gasteiger partial charge is 0.0622 e. The lowest BCUT2D eigenvalue weighted by Gasteiger charge is -1.99. The van der Waals surface area contributed by atoms with Gasteiger partial charge >= 0.3 is 0 Å². The predicted octanol–water partition coefficient (Wildman–Crippen LogP) is 6.59. The van der Waals surface area contributed by atoms with Crippen LogP contribution in [0.1, 0.15) is 34.7 Å². The van der Waals surface area contributed by atoms with Gasteiger partial charge in [0.2, 0.25) is 0 Å². The Morgan fingerprint density at radius 3 is 1.29 bits per heavy atom. The van der Waals surface area contributed by atoms with Gasteiger partial charge in [-0.25, -0.2) is 0 Å². The monoisotopic (exact) mass is 310 g/mol. The second-order valence-corrected chi connectivity index (χ2v) is 5.84. The first kappa shape index (κ1) is 16.0. The zero-order chi connectivity index (χ0) is 16.6. The highest BCUT2D eigenvalue weighted by molar-refractivity contribution is 5.73. The van der Waals surface area contributed by atoms with Gasteiger partial charge in [-0.1, -0.05) is 110 Å². The van der Waals surface area contributed by atoms with E-state index in [0.29, 0.717) is 0 Å². The van der Waals surface area contributed by atoms with Crippen LogP contribution in [-0.2, 0) is 6.42 Å². The molecule has 0 radical (unpaired) electrons. The molecule has 0 aliphatic heterocycles. The number of benzene rings is 3. The van der Waals surface area contributed by atoms with E-state index in [9.17, 15) is 0 Å². The molecule has 0 unspecified atom stereocenters. The molecule has 0 fully saturated rings. The summed E-state index contributed by atoms with van der Waals surface area (Å²) in [7, 11) is 0. The van der Waals surface area contributed by atoms with Crippen LogP contribution in [0.3, 0.4) is 0 Å². The summed E-state index contributed by atoms with van der Waals surface area (Å²) in [6.07, 6.45) is 9.69. The lowest BCUT2D eigenvalue weighted by atomic mass is 10.1.